The van der Waals surface area contributed by atoms with Crippen molar-refractivity contribution in [1.29, 1.82) is 0 Å². The third kappa shape index (κ3) is 5.58. The zero-order chi connectivity index (χ0) is 26.7. The van der Waals surface area contributed by atoms with Gasteiger partial charge in [-0.3, -0.25) is 10.1 Å². The van der Waals surface area contributed by atoms with Gasteiger partial charge in [-0.1, -0.05) is 13.3 Å². The minimum Gasteiger partial charge on any atom is -0.449 e. The monoisotopic (exact) mass is 528 g/mol. The third-order valence-corrected chi connectivity index (χ3v) is 6.82. The molecule has 4 amide bonds. The van der Waals surface area contributed by atoms with E-state index >= 15 is 0 Å². The fourth-order valence-electron chi connectivity index (χ4n) is 3.46. The molecule has 1 aliphatic rings. The molecule has 0 saturated carbocycles. The molecule has 1 fully saturated rings. The minimum absolute atomic E-state index is 0.00328. The van der Waals surface area contributed by atoms with E-state index in [1.54, 1.807) is 6.07 Å². The van der Waals surface area contributed by atoms with Crippen LogP contribution in [0.1, 0.15) is 32.3 Å². The normalized spacial score (nSPS) is 18.2. The van der Waals surface area contributed by atoms with Crippen molar-refractivity contribution in [2.45, 2.75) is 49.1 Å². The van der Waals surface area contributed by atoms with Gasteiger partial charge in [0.05, 0.1) is 17.2 Å². The number of sulfone groups is 1. The van der Waals surface area contributed by atoms with Gasteiger partial charge in [0.25, 0.3) is 15.7 Å². The Labute approximate surface area is 204 Å². The lowest BCUT2D eigenvalue weighted by Gasteiger charge is -2.22. The van der Waals surface area contributed by atoms with Crippen LogP contribution in [0, 0.1) is 0 Å². The number of ether oxygens (including phenoxy) is 1. The van der Waals surface area contributed by atoms with Crippen molar-refractivity contribution in [3.63, 3.8) is 0 Å². The molecule has 1 saturated heterocycles. The van der Waals surface area contributed by atoms with E-state index in [-0.39, 0.29) is 24.5 Å². The van der Waals surface area contributed by atoms with Gasteiger partial charge in [0, 0.05) is 12.6 Å². The van der Waals surface area contributed by atoms with Crippen LogP contribution in [-0.2, 0) is 25.8 Å². The summed E-state index contributed by atoms with van der Waals surface area (Å²) in [4.78, 5) is 41.3. The van der Waals surface area contributed by atoms with Crippen LogP contribution in [0.5, 0.6) is 0 Å². The SMILES string of the molecule is CCCCOC(=O)Nc1cc(CC2(C)NC(=O)N(c3ccc(S(=O)(=O)C(F)(F)F)cc3)C2=O)ccn1. The molecule has 3 rings (SSSR count). The molecule has 1 aliphatic heterocycles. The summed E-state index contributed by atoms with van der Waals surface area (Å²) in [6.07, 6.45) is 2.27. The number of imide groups is 1. The number of urea groups is 1. The van der Waals surface area contributed by atoms with Gasteiger partial charge in [0.2, 0.25) is 0 Å². The lowest BCUT2D eigenvalue weighted by atomic mass is 9.93. The van der Waals surface area contributed by atoms with Gasteiger partial charge in [-0.15, -0.1) is 0 Å². The topological polar surface area (TPSA) is 135 Å². The number of carbonyl (C=O) groups is 3. The van der Waals surface area contributed by atoms with Crippen LogP contribution >= 0.6 is 0 Å². The first kappa shape index (κ1) is 26.9. The summed E-state index contributed by atoms with van der Waals surface area (Å²) in [6.45, 7) is 3.66. The molecule has 1 aromatic carbocycles. The summed E-state index contributed by atoms with van der Waals surface area (Å²) in [5, 5.41) is 5.02. The van der Waals surface area contributed by atoms with Gasteiger partial charge in [-0.25, -0.2) is 27.9 Å². The highest BCUT2D eigenvalue weighted by atomic mass is 32.2. The first-order valence-corrected chi connectivity index (χ1v) is 12.2. The molecule has 0 aliphatic carbocycles. The quantitative estimate of drug-likeness (QED) is 0.393. The largest absolute Gasteiger partial charge is 0.501 e. The first-order chi connectivity index (χ1) is 16.8. The Hall–Kier alpha value is -3.68. The van der Waals surface area contributed by atoms with E-state index in [0.29, 0.717) is 24.1 Å². The molecule has 1 atom stereocenters. The Morgan fingerprint density at radius 2 is 1.86 bits per heavy atom. The number of anilines is 2. The smallest absolute Gasteiger partial charge is 0.449 e. The minimum atomic E-state index is -5.58. The van der Waals surface area contributed by atoms with Crippen molar-refractivity contribution in [3.05, 3.63) is 48.2 Å². The molecule has 1 aromatic heterocycles. The van der Waals surface area contributed by atoms with E-state index in [2.05, 4.69) is 15.6 Å². The van der Waals surface area contributed by atoms with Crippen molar-refractivity contribution >= 4 is 39.4 Å². The Bertz CT molecular complexity index is 1270. The van der Waals surface area contributed by atoms with Gasteiger partial charge in [0.1, 0.15) is 11.4 Å². The molecule has 0 bridgehead atoms. The number of carbonyl (C=O) groups excluding carboxylic acids is 3. The molecule has 194 valence electrons. The highest BCUT2D eigenvalue weighted by Gasteiger charge is 2.49. The van der Waals surface area contributed by atoms with Crippen LogP contribution in [0.25, 0.3) is 0 Å². The second-order valence-corrected chi connectivity index (χ2v) is 10.1. The number of hydrogen-bond acceptors (Lipinski definition) is 7. The Kier molecular flexibility index (Phi) is 7.57. The number of amides is 4. The van der Waals surface area contributed by atoms with Crippen molar-refractivity contribution in [2.75, 3.05) is 16.8 Å². The van der Waals surface area contributed by atoms with Crippen LogP contribution in [0.15, 0.2) is 47.5 Å². The number of nitrogens with one attached hydrogen (secondary N) is 2. The highest BCUT2D eigenvalue weighted by Crippen LogP contribution is 2.33. The van der Waals surface area contributed by atoms with Gasteiger partial charge >= 0.3 is 17.6 Å². The van der Waals surface area contributed by atoms with E-state index in [1.807, 2.05) is 6.92 Å². The van der Waals surface area contributed by atoms with Crippen LogP contribution in [0.3, 0.4) is 0 Å². The number of benzene rings is 1. The number of halogens is 3. The van der Waals surface area contributed by atoms with Crippen LogP contribution < -0.4 is 15.5 Å². The molecule has 1 unspecified atom stereocenters. The molecule has 2 N–H and O–H groups in total. The van der Waals surface area contributed by atoms with Crippen molar-refractivity contribution in [1.82, 2.24) is 10.3 Å². The number of hydrogen-bond donors (Lipinski definition) is 2. The summed E-state index contributed by atoms with van der Waals surface area (Å²) in [5.41, 5.74) is -6.49. The van der Waals surface area contributed by atoms with Crippen molar-refractivity contribution in [3.8, 4) is 0 Å². The number of alkyl halides is 3. The van der Waals surface area contributed by atoms with Gasteiger partial charge < -0.3 is 10.1 Å². The second-order valence-electron chi connectivity index (χ2n) is 8.19. The van der Waals surface area contributed by atoms with Gasteiger partial charge in [-0.2, -0.15) is 13.2 Å². The molecule has 0 radical (unpaired) electrons. The standard InChI is InChI=1S/C22H23F3N4O6S/c1-3-4-11-35-20(32)27-17-12-14(9-10-26-17)13-21(2)18(30)29(19(31)28-21)15-5-7-16(8-6-15)36(33,34)22(23,24)25/h5-10,12H,3-4,11,13H2,1-2H3,(H,28,31)(H,26,27,32). The molecular weight excluding hydrogens is 505 g/mol. The fourth-order valence-corrected chi connectivity index (χ4v) is 4.22. The van der Waals surface area contributed by atoms with Crippen molar-refractivity contribution in [2.24, 2.45) is 0 Å². The van der Waals surface area contributed by atoms with E-state index in [4.69, 9.17) is 4.74 Å². The van der Waals surface area contributed by atoms with Gasteiger partial charge in [-0.05, 0) is 55.3 Å². The molecule has 2 heterocycles. The predicted octanol–water partition coefficient (Wildman–Crippen LogP) is 3.78. The van der Waals surface area contributed by atoms with Crippen LogP contribution in [0.4, 0.5) is 34.3 Å². The number of pyridine rings is 1. The maximum absolute atomic E-state index is 13.1. The molecule has 14 heteroatoms. The zero-order valence-electron chi connectivity index (χ0n) is 19.3. The first-order valence-electron chi connectivity index (χ1n) is 10.8. The Morgan fingerprint density at radius 1 is 1.19 bits per heavy atom. The van der Waals surface area contributed by atoms with E-state index in [0.717, 1.165) is 23.5 Å². The number of rotatable bonds is 8. The molecule has 10 nitrogen and oxygen atoms in total. The summed E-state index contributed by atoms with van der Waals surface area (Å²) < 4.78 is 66.4. The predicted molar refractivity (Wildman–Crippen MR) is 122 cm³/mol. The fraction of sp³-hybridized carbons (Fsp3) is 0.364. The number of aromatic nitrogens is 1. The molecular formula is C22H23F3N4O6S. The van der Waals surface area contributed by atoms with E-state index in [1.165, 1.54) is 19.2 Å². The van der Waals surface area contributed by atoms with E-state index in [9.17, 15) is 36.0 Å². The zero-order valence-corrected chi connectivity index (χ0v) is 20.1. The lowest BCUT2D eigenvalue weighted by molar-refractivity contribution is -0.121. The summed E-state index contributed by atoms with van der Waals surface area (Å²) in [6, 6.07) is 5.49. The van der Waals surface area contributed by atoms with Crippen molar-refractivity contribution < 1.29 is 40.7 Å². The molecule has 2 aromatic rings. The number of nitrogens with zero attached hydrogens (tertiary/aromatic N) is 2. The van der Waals surface area contributed by atoms with Gasteiger partial charge in [0.15, 0.2) is 0 Å². The highest BCUT2D eigenvalue weighted by molar-refractivity contribution is 7.92. The van der Waals surface area contributed by atoms with Crippen LogP contribution in [0.2, 0.25) is 0 Å². The van der Waals surface area contributed by atoms with E-state index < -0.39 is 43.8 Å². The number of unbranched alkanes of at least 4 members (excludes halogenated alkanes) is 1. The average Bonchev–Trinajstić information content (AvgIpc) is 3.01. The summed E-state index contributed by atoms with van der Waals surface area (Å²) >= 11 is 0. The lowest BCUT2D eigenvalue weighted by Crippen LogP contribution is -2.46. The summed E-state index contributed by atoms with van der Waals surface area (Å²) in [7, 11) is -5.58. The molecule has 0 spiro atoms. The Balaban J connectivity index is 1.75. The maximum Gasteiger partial charge on any atom is 0.501 e. The Morgan fingerprint density at radius 3 is 2.47 bits per heavy atom. The van der Waals surface area contributed by atoms with Crippen LogP contribution in [-0.4, -0.2) is 49.1 Å². The average molecular weight is 529 g/mol. The third-order valence-electron chi connectivity index (χ3n) is 5.31. The summed E-state index contributed by atoms with van der Waals surface area (Å²) in [5.74, 6) is -0.531. The molecule has 36 heavy (non-hydrogen) atoms. The second kappa shape index (κ2) is 10.1. The maximum atomic E-state index is 13.1.